The maximum absolute atomic E-state index is 14.0. The highest BCUT2D eigenvalue weighted by molar-refractivity contribution is 5.80. The normalized spacial score (nSPS) is 14.4. The quantitative estimate of drug-likeness (QED) is 0.0422. The summed E-state index contributed by atoms with van der Waals surface area (Å²) < 4.78 is 15.7. The molecule has 298 valence electrons. The van der Waals surface area contributed by atoms with Crippen molar-refractivity contribution in [3.63, 3.8) is 0 Å². The number of benzene rings is 2. The van der Waals surface area contributed by atoms with Crippen LogP contribution in [0.4, 0.5) is 0 Å². The first-order valence-electron chi connectivity index (χ1n) is 20.1. The number of hydrogen-bond donors (Lipinski definition) is 4. The average molecular weight is 756 g/mol. The van der Waals surface area contributed by atoms with Gasteiger partial charge in [0.25, 0.3) is 0 Å². The van der Waals surface area contributed by atoms with Crippen LogP contribution in [0.5, 0.6) is 11.5 Å². The average Bonchev–Trinajstić information content (AvgIpc) is 3.84. The Hall–Kier alpha value is -4.98. The molecule has 0 radical (unpaired) electrons. The monoisotopic (exact) mass is 755 g/mol. The van der Waals surface area contributed by atoms with Crippen molar-refractivity contribution in [2.45, 2.75) is 116 Å². The molecule has 0 saturated heterocycles. The molecule has 1 aliphatic carbocycles. The first-order valence-corrected chi connectivity index (χ1v) is 20.1. The number of hydrogen-bond acceptors (Lipinski definition) is 9. The molecular weight excluding hydrogens is 695 g/mol. The molecule has 5 rings (SSSR count). The van der Waals surface area contributed by atoms with E-state index in [0.717, 1.165) is 60.4 Å². The third-order valence-corrected chi connectivity index (χ3v) is 10.1. The summed E-state index contributed by atoms with van der Waals surface area (Å²) in [5.74, 6) is 2.71. The van der Waals surface area contributed by atoms with Gasteiger partial charge in [0.15, 0.2) is 5.96 Å². The highest BCUT2D eigenvalue weighted by atomic mass is 16.5. The second-order valence-electron chi connectivity index (χ2n) is 15.1. The number of carbonyl (C=O) groups excluding carboxylic acids is 1. The largest absolute Gasteiger partial charge is 0.493 e. The summed E-state index contributed by atoms with van der Waals surface area (Å²) in [6.07, 6.45) is 15.5. The Labute approximate surface area is 325 Å². The highest BCUT2D eigenvalue weighted by Crippen LogP contribution is 2.31. The summed E-state index contributed by atoms with van der Waals surface area (Å²) in [7, 11) is 0. The molecule has 0 bridgehead atoms. The van der Waals surface area contributed by atoms with Crippen LogP contribution >= 0.6 is 0 Å². The van der Waals surface area contributed by atoms with Gasteiger partial charge >= 0.3 is 0 Å². The topological polar surface area (TPSA) is 199 Å². The molecule has 2 heterocycles. The lowest BCUT2D eigenvalue weighted by molar-refractivity contribution is -0.125. The van der Waals surface area contributed by atoms with Crippen LogP contribution in [0.1, 0.15) is 102 Å². The fourth-order valence-electron chi connectivity index (χ4n) is 7.01. The molecule has 2 atom stereocenters. The van der Waals surface area contributed by atoms with Gasteiger partial charge in [-0.3, -0.25) is 14.5 Å². The summed E-state index contributed by atoms with van der Waals surface area (Å²) in [4.78, 5) is 18.1. The van der Waals surface area contributed by atoms with Gasteiger partial charge in [0.1, 0.15) is 29.8 Å². The molecule has 1 saturated carbocycles. The molecule has 1 aliphatic rings. The van der Waals surface area contributed by atoms with Gasteiger partial charge in [-0.05, 0) is 80.7 Å². The summed E-state index contributed by atoms with van der Waals surface area (Å²) >= 11 is 0. The SMILES string of the molecule is CC(C)CCOc1ccccc1-c1ccc(OCc2cn(C[C@@H](CCCCN)NC(=O)[C@@H](CCCN=C(N)N)n3cc(CC4CCCCC4)nn3)nn2)cc1. The number of rotatable bonds is 23. The van der Waals surface area contributed by atoms with Gasteiger partial charge in [-0.15, -0.1) is 10.2 Å². The molecule has 1 amide bonds. The number of unbranched alkanes of at least 4 members (excludes halogenated alkanes) is 1. The Bertz CT molecular complexity index is 1740. The van der Waals surface area contributed by atoms with Gasteiger partial charge in [-0.1, -0.05) is 93.1 Å². The molecule has 1 fully saturated rings. The van der Waals surface area contributed by atoms with Gasteiger partial charge in [0, 0.05) is 24.3 Å². The zero-order valence-corrected chi connectivity index (χ0v) is 32.7. The molecule has 0 aliphatic heterocycles. The Morgan fingerprint density at radius 3 is 2.45 bits per heavy atom. The predicted molar refractivity (Wildman–Crippen MR) is 215 cm³/mol. The van der Waals surface area contributed by atoms with Crippen LogP contribution in [0, 0.1) is 11.8 Å². The maximum Gasteiger partial charge on any atom is 0.245 e. The number of aliphatic imine (C=N–C) groups is 1. The van der Waals surface area contributed by atoms with Gasteiger partial charge in [0.2, 0.25) is 5.91 Å². The zero-order valence-electron chi connectivity index (χ0n) is 32.7. The summed E-state index contributed by atoms with van der Waals surface area (Å²) in [5.41, 5.74) is 20.7. The molecular formula is C41H61N11O3. The molecule has 4 aromatic rings. The predicted octanol–water partition coefficient (Wildman–Crippen LogP) is 5.57. The minimum Gasteiger partial charge on any atom is -0.493 e. The van der Waals surface area contributed by atoms with Crippen molar-refractivity contribution < 1.29 is 14.3 Å². The van der Waals surface area contributed by atoms with Gasteiger partial charge in [-0.25, -0.2) is 4.68 Å². The number of aromatic nitrogens is 6. The molecule has 0 spiro atoms. The van der Waals surface area contributed by atoms with Gasteiger partial charge < -0.3 is 32.0 Å². The van der Waals surface area contributed by atoms with E-state index in [1.165, 1.54) is 32.1 Å². The number of amides is 1. The van der Waals surface area contributed by atoms with Crippen molar-refractivity contribution in [2.24, 2.45) is 34.0 Å². The second kappa shape index (κ2) is 21.8. The molecule has 2 aromatic carbocycles. The van der Waals surface area contributed by atoms with Crippen LogP contribution in [0.2, 0.25) is 0 Å². The van der Waals surface area contributed by atoms with Crippen LogP contribution in [0.15, 0.2) is 65.9 Å². The molecule has 14 nitrogen and oxygen atoms in total. The van der Waals surface area contributed by atoms with Crippen LogP contribution in [0.3, 0.4) is 0 Å². The number of nitrogens with one attached hydrogen (secondary N) is 1. The van der Waals surface area contributed by atoms with Crippen LogP contribution in [-0.4, -0.2) is 67.6 Å². The van der Waals surface area contributed by atoms with Crippen molar-refractivity contribution in [1.82, 2.24) is 35.3 Å². The Morgan fingerprint density at radius 2 is 1.69 bits per heavy atom. The van der Waals surface area contributed by atoms with Crippen LogP contribution < -0.4 is 32.0 Å². The first kappa shape index (κ1) is 41.2. The van der Waals surface area contributed by atoms with E-state index >= 15 is 0 Å². The van der Waals surface area contributed by atoms with E-state index in [9.17, 15) is 4.79 Å². The third-order valence-electron chi connectivity index (χ3n) is 10.1. The van der Waals surface area contributed by atoms with Crippen molar-refractivity contribution in [3.8, 4) is 22.6 Å². The number of para-hydroxylation sites is 1. The number of ether oxygens (including phenoxy) is 2. The van der Waals surface area contributed by atoms with Crippen molar-refractivity contribution in [3.05, 3.63) is 72.3 Å². The first-order chi connectivity index (χ1) is 26.8. The summed E-state index contributed by atoms with van der Waals surface area (Å²) in [5, 5.41) is 20.9. The standard InChI is InChI=1S/C41H61N11O3/c1-30(2)21-24-54-39-16-7-6-14-37(39)32-17-19-36(20-18-32)55-29-35-27-51(49-48-35)26-33(13-8-9-22-42)46-40(53)38(15-10-23-45-41(43)44)52-28-34(47-50-52)25-31-11-4-3-5-12-31/h6-7,14,16-20,27-28,30-31,33,38H,3-5,8-13,15,21-26,29,42H2,1-2H3,(H,46,53)(H4,43,44,45)/t33-,38-/m1/s1. The number of nitrogens with zero attached hydrogens (tertiary/aromatic N) is 7. The van der Waals surface area contributed by atoms with Gasteiger partial charge in [-0.2, -0.15) is 0 Å². The van der Waals surface area contributed by atoms with Crippen LogP contribution in [0.25, 0.3) is 11.1 Å². The fourth-order valence-corrected chi connectivity index (χ4v) is 7.01. The summed E-state index contributed by atoms with van der Waals surface area (Å²) in [6, 6.07) is 15.3. The Morgan fingerprint density at radius 1 is 0.909 bits per heavy atom. The number of nitrogens with two attached hydrogens (primary N) is 3. The molecule has 2 aromatic heterocycles. The van der Waals surface area contributed by atoms with Crippen LogP contribution in [-0.2, 0) is 24.4 Å². The van der Waals surface area contributed by atoms with E-state index in [1.807, 2.05) is 54.9 Å². The van der Waals surface area contributed by atoms with E-state index in [4.69, 9.17) is 26.7 Å². The van der Waals surface area contributed by atoms with Crippen molar-refractivity contribution >= 4 is 11.9 Å². The summed E-state index contributed by atoms with van der Waals surface area (Å²) in [6.45, 7) is 6.78. The van der Waals surface area contributed by atoms with E-state index in [2.05, 4.69) is 50.8 Å². The van der Waals surface area contributed by atoms with Crippen molar-refractivity contribution in [2.75, 3.05) is 19.7 Å². The Balaban J connectivity index is 1.19. The zero-order chi connectivity index (χ0) is 38.8. The van der Waals surface area contributed by atoms with E-state index in [1.54, 1.807) is 9.36 Å². The minimum absolute atomic E-state index is 0.0342. The molecule has 14 heteroatoms. The van der Waals surface area contributed by atoms with E-state index in [-0.39, 0.29) is 24.5 Å². The lowest BCUT2D eigenvalue weighted by atomic mass is 9.86. The Kier molecular flexibility index (Phi) is 16.3. The van der Waals surface area contributed by atoms with Crippen molar-refractivity contribution in [1.29, 1.82) is 0 Å². The molecule has 7 N–H and O–H groups in total. The third kappa shape index (κ3) is 13.7. The maximum atomic E-state index is 14.0. The molecule has 55 heavy (non-hydrogen) atoms. The van der Waals surface area contributed by atoms with E-state index < -0.39 is 6.04 Å². The number of carbonyl (C=O) groups is 1. The smallest absolute Gasteiger partial charge is 0.245 e. The lowest BCUT2D eigenvalue weighted by Gasteiger charge is -2.23. The highest BCUT2D eigenvalue weighted by Gasteiger charge is 2.26. The van der Waals surface area contributed by atoms with E-state index in [0.29, 0.717) is 56.6 Å². The fraction of sp³-hybridized carbons (Fsp3) is 0.561. The minimum atomic E-state index is -0.559. The number of guanidine groups is 1. The molecule has 0 unspecified atom stereocenters. The lowest BCUT2D eigenvalue weighted by Crippen LogP contribution is -2.42. The second-order valence-corrected chi connectivity index (χ2v) is 15.1. The van der Waals surface area contributed by atoms with Gasteiger partial charge in [0.05, 0.1) is 25.0 Å².